The van der Waals surface area contributed by atoms with E-state index in [-0.39, 0.29) is 11.9 Å². The Labute approximate surface area is 112 Å². The van der Waals surface area contributed by atoms with Crippen molar-refractivity contribution in [1.82, 2.24) is 5.32 Å². The van der Waals surface area contributed by atoms with Crippen LogP contribution in [0.15, 0.2) is 24.3 Å². The quantitative estimate of drug-likeness (QED) is 0.854. The number of carbonyl (C=O) groups is 1. The summed E-state index contributed by atoms with van der Waals surface area (Å²) in [5, 5.41) is 4.00. The fourth-order valence-electron chi connectivity index (χ4n) is 2.51. The molecule has 0 spiro atoms. The van der Waals surface area contributed by atoms with Gasteiger partial charge in [-0.05, 0) is 43.0 Å². The zero-order valence-electron chi connectivity index (χ0n) is 10.5. The molecule has 1 N–H and O–H groups in total. The predicted molar refractivity (Wildman–Crippen MR) is 71.6 cm³/mol. The number of methoxy groups -OCH3 is 1. The predicted octanol–water partition coefficient (Wildman–Crippen LogP) is 2.28. The van der Waals surface area contributed by atoms with Crippen molar-refractivity contribution in [2.45, 2.75) is 12.8 Å². The van der Waals surface area contributed by atoms with Gasteiger partial charge in [0, 0.05) is 11.6 Å². The summed E-state index contributed by atoms with van der Waals surface area (Å²) in [5.41, 5.74) is 1.22. The molecule has 1 aromatic carbocycles. The number of nitrogens with one attached hydrogen (secondary N) is 1. The first kappa shape index (κ1) is 13.4. The lowest BCUT2D eigenvalue weighted by Crippen LogP contribution is -2.42. The normalized spacial score (nSPS) is 23.7. The summed E-state index contributed by atoms with van der Waals surface area (Å²) < 4.78 is 4.88. The van der Waals surface area contributed by atoms with Gasteiger partial charge in [-0.3, -0.25) is 4.79 Å². The Morgan fingerprint density at radius 3 is 2.83 bits per heavy atom. The van der Waals surface area contributed by atoms with E-state index in [2.05, 4.69) is 5.32 Å². The van der Waals surface area contributed by atoms with E-state index in [9.17, 15) is 4.79 Å². The first-order valence-electron chi connectivity index (χ1n) is 6.23. The van der Waals surface area contributed by atoms with Crippen LogP contribution in [-0.2, 0) is 16.0 Å². The van der Waals surface area contributed by atoms with Gasteiger partial charge in [0.2, 0.25) is 0 Å². The summed E-state index contributed by atoms with van der Waals surface area (Å²) >= 11 is 5.87. The number of rotatable bonds is 3. The number of hydrogen-bond donors (Lipinski definition) is 1. The summed E-state index contributed by atoms with van der Waals surface area (Å²) in [6, 6.07) is 7.84. The molecule has 0 aromatic heterocycles. The molecule has 1 saturated heterocycles. The molecule has 1 fully saturated rings. The van der Waals surface area contributed by atoms with E-state index in [1.54, 1.807) is 0 Å². The second-order valence-electron chi connectivity index (χ2n) is 4.71. The largest absolute Gasteiger partial charge is 0.469 e. The molecule has 0 bridgehead atoms. The van der Waals surface area contributed by atoms with E-state index in [0.717, 1.165) is 24.4 Å². The van der Waals surface area contributed by atoms with Crippen molar-refractivity contribution in [3.8, 4) is 0 Å². The van der Waals surface area contributed by atoms with Gasteiger partial charge >= 0.3 is 5.97 Å². The Bertz CT molecular complexity index is 405. The summed E-state index contributed by atoms with van der Waals surface area (Å²) in [7, 11) is 1.45. The van der Waals surface area contributed by atoms with Crippen molar-refractivity contribution in [2.24, 2.45) is 11.8 Å². The highest BCUT2D eigenvalue weighted by molar-refractivity contribution is 6.30. The van der Waals surface area contributed by atoms with Crippen LogP contribution in [-0.4, -0.2) is 26.2 Å². The second kappa shape index (κ2) is 6.21. The molecule has 0 radical (unpaired) electrons. The van der Waals surface area contributed by atoms with Crippen LogP contribution in [0.4, 0.5) is 0 Å². The van der Waals surface area contributed by atoms with Crippen LogP contribution in [0.25, 0.3) is 0 Å². The maximum atomic E-state index is 11.7. The molecule has 1 heterocycles. The molecule has 1 aliphatic heterocycles. The minimum Gasteiger partial charge on any atom is -0.469 e. The number of ether oxygens (including phenoxy) is 1. The number of piperidine rings is 1. The Morgan fingerprint density at radius 1 is 1.44 bits per heavy atom. The molecule has 0 unspecified atom stereocenters. The van der Waals surface area contributed by atoms with Crippen molar-refractivity contribution in [3.63, 3.8) is 0 Å². The molecule has 2 atom stereocenters. The van der Waals surface area contributed by atoms with Gasteiger partial charge < -0.3 is 10.1 Å². The van der Waals surface area contributed by atoms with Crippen molar-refractivity contribution in [1.29, 1.82) is 0 Å². The highest BCUT2D eigenvalue weighted by atomic mass is 35.5. The average molecular weight is 268 g/mol. The van der Waals surface area contributed by atoms with E-state index in [0.29, 0.717) is 12.5 Å². The van der Waals surface area contributed by atoms with Crippen LogP contribution in [0.5, 0.6) is 0 Å². The minimum absolute atomic E-state index is 0.0422. The van der Waals surface area contributed by atoms with Crippen LogP contribution < -0.4 is 5.32 Å². The van der Waals surface area contributed by atoms with Gasteiger partial charge in [0.15, 0.2) is 0 Å². The van der Waals surface area contributed by atoms with Crippen LogP contribution in [0.1, 0.15) is 12.0 Å². The molecular formula is C14H18ClNO2. The van der Waals surface area contributed by atoms with Gasteiger partial charge in [0.1, 0.15) is 0 Å². The lowest BCUT2D eigenvalue weighted by molar-refractivity contribution is -0.148. The second-order valence-corrected chi connectivity index (χ2v) is 5.15. The third kappa shape index (κ3) is 3.24. The Kier molecular flexibility index (Phi) is 4.61. The van der Waals surface area contributed by atoms with Crippen molar-refractivity contribution in [2.75, 3.05) is 20.2 Å². The maximum absolute atomic E-state index is 11.7. The number of halogens is 1. The number of benzene rings is 1. The third-order valence-corrected chi connectivity index (χ3v) is 3.79. The summed E-state index contributed by atoms with van der Waals surface area (Å²) in [4.78, 5) is 11.7. The molecule has 3 nitrogen and oxygen atoms in total. The van der Waals surface area contributed by atoms with Crippen molar-refractivity contribution in [3.05, 3.63) is 34.9 Å². The highest BCUT2D eigenvalue weighted by Gasteiger charge is 2.31. The van der Waals surface area contributed by atoms with Crippen molar-refractivity contribution >= 4 is 17.6 Å². The summed E-state index contributed by atoms with van der Waals surface area (Å²) in [5.74, 6) is 0.195. The number of carbonyl (C=O) groups excluding carboxylic acids is 1. The maximum Gasteiger partial charge on any atom is 0.310 e. The average Bonchev–Trinajstić information content (AvgIpc) is 2.41. The SMILES string of the molecule is COC(=O)[C@@H]1CNCC[C@H]1Cc1ccc(Cl)cc1. The summed E-state index contributed by atoms with van der Waals surface area (Å²) in [6.45, 7) is 1.68. The molecule has 0 aliphatic carbocycles. The van der Waals surface area contributed by atoms with E-state index in [1.165, 1.54) is 12.7 Å². The Morgan fingerprint density at radius 2 is 2.17 bits per heavy atom. The Hall–Kier alpha value is -1.06. The van der Waals surface area contributed by atoms with Crippen LogP contribution in [0.3, 0.4) is 0 Å². The van der Waals surface area contributed by atoms with Gasteiger partial charge in [0.25, 0.3) is 0 Å². The van der Waals surface area contributed by atoms with Gasteiger partial charge in [-0.1, -0.05) is 23.7 Å². The first-order chi connectivity index (χ1) is 8.70. The standard InChI is InChI=1S/C14H18ClNO2/c1-18-14(17)13-9-16-7-6-11(13)8-10-2-4-12(15)5-3-10/h2-5,11,13,16H,6-9H2,1H3/t11-,13+/m0/s1. The molecule has 1 aliphatic rings. The molecular weight excluding hydrogens is 250 g/mol. The van der Waals surface area contributed by atoms with Gasteiger partial charge in [-0.2, -0.15) is 0 Å². The minimum atomic E-state index is -0.110. The lowest BCUT2D eigenvalue weighted by Gasteiger charge is -2.30. The zero-order chi connectivity index (χ0) is 13.0. The molecule has 4 heteroatoms. The fraction of sp³-hybridized carbons (Fsp3) is 0.500. The van der Waals surface area contributed by atoms with E-state index in [4.69, 9.17) is 16.3 Å². The van der Waals surface area contributed by atoms with Gasteiger partial charge in [-0.25, -0.2) is 0 Å². The third-order valence-electron chi connectivity index (χ3n) is 3.54. The van der Waals surface area contributed by atoms with E-state index >= 15 is 0 Å². The van der Waals surface area contributed by atoms with Crippen LogP contribution in [0.2, 0.25) is 5.02 Å². The van der Waals surface area contributed by atoms with Crippen LogP contribution >= 0.6 is 11.6 Å². The summed E-state index contributed by atoms with van der Waals surface area (Å²) in [6.07, 6.45) is 1.90. The molecule has 0 amide bonds. The number of hydrogen-bond acceptors (Lipinski definition) is 3. The van der Waals surface area contributed by atoms with Crippen molar-refractivity contribution < 1.29 is 9.53 Å². The van der Waals surface area contributed by atoms with Crippen LogP contribution in [0, 0.1) is 11.8 Å². The number of esters is 1. The first-order valence-corrected chi connectivity index (χ1v) is 6.61. The smallest absolute Gasteiger partial charge is 0.310 e. The monoisotopic (exact) mass is 267 g/mol. The molecule has 98 valence electrons. The van der Waals surface area contributed by atoms with E-state index < -0.39 is 0 Å². The van der Waals surface area contributed by atoms with Gasteiger partial charge in [0.05, 0.1) is 13.0 Å². The highest BCUT2D eigenvalue weighted by Crippen LogP contribution is 2.25. The molecule has 18 heavy (non-hydrogen) atoms. The lowest BCUT2D eigenvalue weighted by atomic mass is 9.82. The molecule has 1 aromatic rings. The zero-order valence-corrected chi connectivity index (χ0v) is 11.2. The Balaban J connectivity index is 2.05. The molecule has 2 rings (SSSR count). The fourth-order valence-corrected chi connectivity index (χ4v) is 2.63. The van der Waals surface area contributed by atoms with E-state index in [1.807, 2.05) is 24.3 Å². The molecule has 0 saturated carbocycles. The van der Waals surface area contributed by atoms with Gasteiger partial charge in [-0.15, -0.1) is 0 Å². The topological polar surface area (TPSA) is 38.3 Å².